The topological polar surface area (TPSA) is 237 Å². The number of rotatable bonds is 78. The Morgan fingerprint density at radius 3 is 0.798 bits per heavy atom. The van der Waals surface area contributed by atoms with Crippen LogP contribution >= 0.6 is 15.6 Å². The summed E-state index contributed by atoms with van der Waals surface area (Å²) in [5.41, 5.74) is 0. The van der Waals surface area contributed by atoms with E-state index in [0.29, 0.717) is 25.7 Å². The Bertz CT molecular complexity index is 2350. The van der Waals surface area contributed by atoms with Crippen LogP contribution in [-0.4, -0.2) is 96.7 Å². The molecule has 0 aromatic carbocycles. The first-order chi connectivity index (χ1) is 50.7. The molecule has 0 spiro atoms. The summed E-state index contributed by atoms with van der Waals surface area (Å²) in [4.78, 5) is 73.1. The molecule has 0 amide bonds. The fourth-order valence-corrected chi connectivity index (χ4v) is 12.8. The van der Waals surface area contributed by atoms with Crippen molar-refractivity contribution in [2.45, 2.75) is 380 Å². The summed E-state index contributed by atoms with van der Waals surface area (Å²) in [6.07, 6.45) is 82.3. The molecule has 0 aromatic heterocycles. The maximum Gasteiger partial charge on any atom is 0.472 e. The summed E-state index contributed by atoms with van der Waals surface area (Å²) in [5.74, 6) is -2.19. The number of phosphoric ester groups is 2. The number of carbonyl (C=O) groups excluding carboxylic acids is 4. The highest BCUT2D eigenvalue weighted by Crippen LogP contribution is 2.45. The Morgan fingerprint density at radius 1 is 0.279 bits per heavy atom. The summed E-state index contributed by atoms with van der Waals surface area (Å²) in [5, 5.41) is 10.6. The molecule has 17 nitrogen and oxygen atoms in total. The molecule has 0 saturated carbocycles. The van der Waals surface area contributed by atoms with Gasteiger partial charge in [-0.3, -0.25) is 37.3 Å². The van der Waals surface area contributed by atoms with Crippen LogP contribution in [0.1, 0.15) is 362 Å². The van der Waals surface area contributed by atoms with Crippen LogP contribution in [0.2, 0.25) is 0 Å². The van der Waals surface area contributed by atoms with Crippen molar-refractivity contribution < 1.29 is 80.2 Å². The van der Waals surface area contributed by atoms with Crippen molar-refractivity contribution in [3.63, 3.8) is 0 Å². The van der Waals surface area contributed by atoms with Gasteiger partial charge in [-0.05, 0) is 128 Å². The van der Waals surface area contributed by atoms with Gasteiger partial charge in [-0.15, -0.1) is 0 Å². The minimum atomic E-state index is -4.98. The van der Waals surface area contributed by atoms with Gasteiger partial charge >= 0.3 is 39.5 Å². The van der Waals surface area contributed by atoms with E-state index >= 15 is 0 Å². The number of esters is 4. The summed E-state index contributed by atoms with van der Waals surface area (Å²) in [6, 6.07) is 0. The highest BCUT2D eigenvalue weighted by atomic mass is 31.2. The van der Waals surface area contributed by atoms with Gasteiger partial charge in [0.05, 0.1) is 26.4 Å². The molecule has 0 rings (SSSR count). The van der Waals surface area contributed by atoms with Gasteiger partial charge in [0.25, 0.3) is 0 Å². The van der Waals surface area contributed by atoms with E-state index in [1.165, 1.54) is 96.3 Å². The zero-order valence-corrected chi connectivity index (χ0v) is 67.7. The van der Waals surface area contributed by atoms with Crippen molar-refractivity contribution in [2.75, 3.05) is 39.6 Å². The number of unbranched alkanes of at least 4 members (excludes halogenated alkanes) is 36. The van der Waals surface area contributed by atoms with Crippen molar-refractivity contribution in [3.8, 4) is 0 Å². The molecule has 0 aliphatic carbocycles. The zero-order valence-electron chi connectivity index (χ0n) is 65.9. The van der Waals surface area contributed by atoms with E-state index in [0.717, 1.165) is 186 Å². The minimum absolute atomic E-state index is 0.0826. The fraction of sp³-hybridized carbons (Fsp3) is 0.765. The number of hydrogen-bond acceptors (Lipinski definition) is 15. The van der Waals surface area contributed by atoms with Gasteiger partial charge in [-0.2, -0.15) is 0 Å². The van der Waals surface area contributed by atoms with Crippen LogP contribution in [0.5, 0.6) is 0 Å². The predicted octanol–water partition coefficient (Wildman–Crippen LogP) is 24.3. The lowest BCUT2D eigenvalue weighted by Gasteiger charge is -2.21. The van der Waals surface area contributed by atoms with Gasteiger partial charge in [0.1, 0.15) is 19.3 Å². The normalized spacial score (nSPS) is 14.3. The highest BCUT2D eigenvalue weighted by Gasteiger charge is 2.30. The first-order valence-electron chi connectivity index (χ1n) is 41.5. The average Bonchev–Trinajstić information content (AvgIpc) is 0.929. The second kappa shape index (κ2) is 77.1. The molecular formula is C85H150O17P2. The number of carbonyl (C=O) groups is 4. The molecule has 602 valence electrons. The minimum Gasteiger partial charge on any atom is -0.462 e. The average molecular weight is 1510 g/mol. The third-order valence-electron chi connectivity index (χ3n) is 17.5. The second-order valence-electron chi connectivity index (χ2n) is 27.7. The van der Waals surface area contributed by atoms with E-state index in [-0.39, 0.29) is 25.7 Å². The Labute approximate surface area is 633 Å². The van der Waals surface area contributed by atoms with E-state index in [4.69, 9.17) is 37.0 Å². The van der Waals surface area contributed by atoms with Gasteiger partial charge in [-0.25, -0.2) is 9.13 Å². The Balaban J connectivity index is 5.32. The number of aliphatic hydroxyl groups is 1. The summed E-state index contributed by atoms with van der Waals surface area (Å²) < 4.78 is 68.7. The summed E-state index contributed by atoms with van der Waals surface area (Å²) in [6.45, 7) is 4.74. The molecular weight excluding hydrogens is 1350 g/mol. The summed E-state index contributed by atoms with van der Waals surface area (Å²) in [7, 11) is -9.96. The third kappa shape index (κ3) is 76.2. The van der Waals surface area contributed by atoms with Crippen LogP contribution in [0.15, 0.2) is 97.2 Å². The maximum absolute atomic E-state index is 13.1. The molecule has 19 heteroatoms. The van der Waals surface area contributed by atoms with Crippen molar-refractivity contribution >= 4 is 39.5 Å². The molecule has 0 saturated heterocycles. The van der Waals surface area contributed by atoms with Crippen LogP contribution in [0.25, 0.3) is 0 Å². The fourth-order valence-electron chi connectivity index (χ4n) is 11.2. The molecule has 0 heterocycles. The molecule has 5 unspecified atom stereocenters. The first kappa shape index (κ1) is 100.0. The lowest BCUT2D eigenvalue weighted by Crippen LogP contribution is -2.30. The largest absolute Gasteiger partial charge is 0.472 e. The van der Waals surface area contributed by atoms with Gasteiger partial charge in [-0.1, -0.05) is 305 Å². The SMILES string of the molecule is CC/C=C\C/C=C\C/C=C\C/C=C\CCCCCCCCC(=O)OCC(COP(=O)(O)OCC(O)COP(=O)(O)OCC(COC(=O)CCCCCCCC/C=C\C/C=C\C/C=C\CCCCC)OC(=O)CCCCCCCCCCCCC)OC(=O)CCCCCCC/C=C\CCCCCCCC. The van der Waals surface area contributed by atoms with E-state index in [1.807, 2.05) is 0 Å². The van der Waals surface area contributed by atoms with Crippen LogP contribution in [0, 0.1) is 0 Å². The number of aliphatic hydroxyl groups excluding tert-OH is 1. The van der Waals surface area contributed by atoms with Crippen molar-refractivity contribution in [1.82, 2.24) is 0 Å². The number of phosphoric acid groups is 2. The molecule has 3 N–H and O–H groups in total. The van der Waals surface area contributed by atoms with Gasteiger partial charge in [0, 0.05) is 25.7 Å². The summed E-state index contributed by atoms with van der Waals surface area (Å²) >= 11 is 0. The van der Waals surface area contributed by atoms with E-state index in [9.17, 15) is 43.2 Å². The Morgan fingerprint density at radius 2 is 0.500 bits per heavy atom. The Kier molecular flexibility index (Phi) is 74.2. The molecule has 0 bridgehead atoms. The van der Waals surface area contributed by atoms with E-state index in [1.54, 1.807) is 0 Å². The van der Waals surface area contributed by atoms with Crippen LogP contribution in [0.4, 0.5) is 0 Å². The quantitative estimate of drug-likeness (QED) is 0.0169. The van der Waals surface area contributed by atoms with Gasteiger partial charge in [0.15, 0.2) is 12.2 Å². The van der Waals surface area contributed by atoms with Gasteiger partial charge in [0.2, 0.25) is 0 Å². The number of hydrogen-bond donors (Lipinski definition) is 3. The first-order valence-corrected chi connectivity index (χ1v) is 44.5. The highest BCUT2D eigenvalue weighted by molar-refractivity contribution is 7.47. The number of ether oxygens (including phenoxy) is 4. The zero-order chi connectivity index (χ0) is 76.0. The number of allylic oxidation sites excluding steroid dienone is 16. The monoisotopic (exact) mass is 1510 g/mol. The molecule has 5 atom stereocenters. The van der Waals surface area contributed by atoms with E-state index in [2.05, 4.69) is 125 Å². The smallest absolute Gasteiger partial charge is 0.462 e. The molecule has 0 fully saturated rings. The molecule has 0 radical (unpaired) electrons. The second-order valence-corrected chi connectivity index (χ2v) is 30.6. The van der Waals surface area contributed by atoms with Crippen LogP contribution in [-0.2, 0) is 65.4 Å². The van der Waals surface area contributed by atoms with Crippen molar-refractivity contribution in [3.05, 3.63) is 97.2 Å². The lowest BCUT2D eigenvalue weighted by atomic mass is 10.1. The maximum atomic E-state index is 13.1. The predicted molar refractivity (Wildman–Crippen MR) is 427 cm³/mol. The molecule has 0 aromatic rings. The van der Waals surface area contributed by atoms with Crippen molar-refractivity contribution in [1.29, 1.82) is 0 Å². The van der Waals surface area contributed by atoms with Crippen LogP contribution < -0.4 is 0 Å². The van der Waals surface area contributed by atoms with Crippen LogP contribution in [0.3, 0.4) is 0 Å². The molecule has 104 heavy (non-hydrogen) atoms. The Hall–Kier alpha value is -4.02. The van der Waals surface area contributed by atoms with Gasteiger partial charge < -0.3 is 33.8 Å². The molecule has 0 aliphatic heterocycles. The van der Waals surface area contributed by atoms with E-state index < -0.39 is 97.5 Å². The third-order valence-corrected chi connectivity index (χ3v) is 19.4. The molecule has 0 aliphatic rings. The van der Waals surface area contributed by atoms with Crippen molar-refractivity contribution in [2.24, 2.45) is 0 Å². The standard InChI is InChI=1S/C85H150O17P2/c1-5-9-13-17-21-25-29-32-35-37-39-41-44-46-50-53-57-61-65-69-82(87)95-75-80(101-84(89)71-67-63-59-55-49-28-24-20-16-12-8-4)77-99-103(91,92)97-73-79(86)74-98-104(93,94)100-78-81(102-85(90)72-68-64-60-56-52-48-43-34-31-27-23-19-15-11-7-3)76-96-83(88)70-66-62-58-54-51-47-45-42-40-38-36-33-30-26-22-18-14-10-6-2/h10,14,21-22,25-26,32-36,39-43,79-81,86H,5-9,11-13,15-20,23-24,27-31,37-38,44-78H2,1-4H3,(H,91,92)(H,93,94)/b14-10-,25-21-,26-22-,35-32-,36-33-,41-39-,42-40-,43-34-. The lowest BCUT2D eigenvalue weighted by molar-refractivity contribution is -0.161.